The summed E-state index contributed by atoms with van der Waals surface area (Å²) in [6.07, 6.45) is 3.02. The van der Waals surface area contributed by atoms with E-state index < -0.39 is 5.95 Å². The molecule has 0 aliphatic rings. The predicted molar refractivity (Wildman–Crippen MR) is 54.9 cm³/mol. The van der Waals surface area contributed by atoms with E-state index in [2.05, 4.69) is 4.98 Å². The average Bonchev–Trinajstić information content (AvgIpc) is 2.24. The van der Waals surface area contributed by atoms with Gasteiger partial charge in [-0.1, -0.05) is 0 Å². The Morgan fingerprint density at radius 3 is 2.80 bits per heavy atom. The molecule has 0 radical (unpaired) electrons. The van der Waals surface area contributed by atoms with E-state index in [9.17, 15) is 9.18 Å². The van der Waals surface area contributed by atoms with Crippen LogP contribution in [0.2, 0.25) is 0 Å². The fourth-order valence-corrected chi connectivity index (χ4v) is 1.35. The first-order chi connectivity index (χ1) is 7.18. The monoisotopic (exact) mass is 204 g/mol. The Kier molecular flexibility index (Phi) is 2.33. The van der Waals surface area contributed by atoms with Crippen LogP contribution in [0.25, 0.3) is 11.1 Å². The summed E-state index contributed by atoms with van der Waals surface area (Å²) in [7, 11) is 1.67. The van der Waals surface area contributed by atoms with E-state index in [0.717, 1.165) is 0 Å². The topological polar surface area (TPSA) is 34.9 Å². The second-order valence-electron chi connectivity index (χ2n) is 3.21. The van der Waals surface area contributed by atoms with Crippen LogP contribution in [0.3, 0.4) is 0 Å². The zero-order chi connectivity index (χ0) is 10.8. The molecule has 0 saturated carbocycles. The highest BCUT2D eigenvalue weighted by Crippen LogP contribution is 2.13. The fourth-order valence-electron chi connectivity index (χ4n) is 1.35. The number of nitrogens with zero attached hydrogens (tertiary/aromatic N) is 2. The third-order valence-electron chi connectivity index (χ3n) is 2.16. The van der Waals surface area contributed by atoms with Crippen molar-refractivity contribution in [2.75, 3.05) is 0 Å². The van der Waals surface area contributed by atoms with Crippen LogP contribution in [-0.2, 0) is 7.05 Å². The Bertz CT molecular complexity index is 531. The summed E-state index contributed by atoms with van der Waals surface area (Å²) in [4.78, 5) is 15.2. The average molecular weight is 204 g/mol. The molecule has 0 bridgehead atoms. The molecule has 0 aliphatic carbocycles. The number of rotatable bonds is 1. The number of pyridine rings is 2. The zero-order valence-electron chi connectivity index (χ0n) is 8.14. The summed E-state index contributed by atoms with van der Waals surface area (Å²) in [5.74, 6) is -0.550. The van der Waals surface area contributed by atoms with Gasteiger partial charge in [0, 0.05) is 30.6 Å². The van der Waals surface area contributed by atoms with Gasteiger partial charge in [-0.3, -0.25) is 4.79 Å². The third-order valence-corrected chi connectivity index (χ3v) is 2.16. The summed E-state index contributed by atoms with van der Waals surface area (Å²) in [6, 6.07) is 6.23. The van der Waals surface area contributed by atoms with Gasteiger partial charge in [0.2, 0.25) is 5.95 Å². The highest BCUT2D eigenvalue weighted by atomic mass is 19.1. The lowest BCUT2D eigenvalue weighted by Crippen LogP contribution is -2.17. The van der Waals surface area contributed by atoms with Crippen LogP contribution in [-0.4, -0.2) is 9.55 Å². The fraction of sp³-hybridized carbons (Fsp3) is 0.0909. The van der Waals surface area contributed by atoms with Crippen LogP contribution in [0.15, 0.2) is 41.5 Å². The highest BCUT2D eigenvalue weighted by Gasteiger charge is 2.04. The zero-order valence-corrected chi connectivity index (χ0v) is 8.14. The molecule has 2 aromatic rings. The van der Waals surface area contributed by atoms with Crippen molar-refractivity contribution in [3.05, 3.63) is 53.0 Å². The Balaban J connectivity index is 2.59. The van der Waals surface area contributed by atoms with Crippen molar-refractivity contribution in [2.45, 2.75) is 0 Å². The molecule has 2 heterocycles. The number of halogens is 1. The third kappa shape index (κ3) is 1.79. The number of hydrogen-bond acceptors (Lipinski definition) is 2. The van der Waals surface area contributed by atoms with Gasteiger partial charge in [-0.15, -0.1) is 0 Å². The van der Waals surface area contributed by atoms with Crippen LogP contribution < -0.4 is 5.56 Å². The quantitative estimate of drug-likeness (QED) is 0.661. The molecular weight excluding hydrogens is 195 g/mol. The highest BCUT2D eigenvalue weighted by molar-refractivity contribution is 5.60. The smallest absolute Gasteiger partial charge is 0.258 e. The summed E-state index contributed by atoms with van der Waals surface area (Å²) in [5.41, 5.74) is 1.02. The van der Waals surface area contributed by atoms with Gasteiger partial charge >= 0.3 is 0 Å². The van der Waals surface area contributed by atoms with Crippen LogP contribution >= 0.6 is 0 Å². The summed E-state index contributed by atoms with van der Waals surface area (Å²) < 4.78 is 14.1. The number of aromatic nitrogens is 2. The van der Waals surface area contributed by atoms with Crippen molar-refractivity contribution >= 4 is 0 Å². The normalized spacial score (nSPS) is 10.3. The molecular formula is C11H9FN2O. The van der Waals surface area contributed by atoms with Crippen molar-refractivity contribution in [2.24, 2.45) is 7.05 Å². The molecule has 0 spiro atoms. The second-order valence-corrected chi connectivity index (χ2v) is 3.21. The molecule has 4 heteroatoms. The molecule has 0 saturated heterocycles. The van der Waals surface area contributed by atoms with Crippen molar-refractivity contribution in [1.82, 2.24) is 9.55 Å². The first kappa shape index (κ1) is 9.58. The Morgan fingerprint density at radius 2 is 2.13 bits per heavy atom. The molecule has 0 N–H and O–H groups in total. The Labute approximate surface area is 85.8 Å². The van der Waals surface area contributed by atoms with Crippen LogP contribution in [0.5, 0.6) is 0 Å². The van der Waals surface area contributed by atoms with Gasteiger partial charge in [0.15, 0.2) is 0 Å². The first-order valence-electron chi connectivity index (χ1n) is 4.46. The van der Waals surface area contributed by atoms with E-state index in [-0.39, 0.29) is 5.56 Å². The van der Waals surface area contributed by atoms with Gasteiger partial charge in [0.1, 0.15) is 0 Å². The molecule has 0 amide bonds. The van der Waals surface area contributed by atoms with Crippen molar-refractivity contribution in [3.8, 4) is 11.1 Å². The van der Waals surface area contributed by atoms with Crippen LogP contribution in [0, 0.1) is 5.95 Å². The maximum Gasteiger partial charge on any atom is 0.258 e. The summed E-state index contributed by atoms with van der Waals surface area (Å²) in [5, 5.41) is 0. The van der Waals surface area contributed by atoms with E-state index in [0.29, 0.717) is 11.1 Å². The van der Waals surface area contributed by atoms with Gasteiger partial charge in [-0.05, 0) is 24.3 Å². The lowest BCUT2D eigenvalue weighted by atomic mass is 10.1. The minimum absolute atomic E-state index is 0.120. The van der Waals surface area contributed by atoms with E-state index in [1.165, 1.54) is 16.8 Å². The van der Waals surface area contributed by atoms with E-state index in [1.807, 2.05) is 0 Å². The van der Waals surface area contributed by atoms with E-state index in [1.54, 1.807) is 31.4 Å². The molecule has 2 rings (SSSR count). The van der Waals surface area contributed by atoms with Gasteiger partial charge < -0.3 is 4.57 Å². The van der Waals surface area contributed by atoms with Gasteiger partial charge in [0.25, 0.3) is 5.56 Å². The largest absolute Gasteiger partial charge is 0.318 e. The minimum Gasteiger partial charge on any atom is -0.318 e. The molecule has 0 unspecified atom stereocenters. The molecule has 2 aromatic heterocycles. The molecule has 0 aliphatic heterocycles. The van der Waals surface area contributed by atoms with Gasteiger partial charge in [0.05, 0.1) is 0 Å². The minimum atomic E-state index is -0.550. The van der Waals surface area contributed by atoms with Crippen molar-refractivity contribution < 1.29 is 4.39 Å². The summed E-state index contributed by atoms with van der Waals surface area (Å²) >= 11 is 0. The molecule has 3 nitrogen and oxygen atoms in total. The van der Waals surface area contributed by atoms with Crippen molar-refractivity contribution in [3.63, 3.8) is 0 Å². The standard InChI is InChI=1S/C11H9FN2O/c1-14-6-2-3-9(11(14)15)8-4-5-10(12)13-7-8/h2-7H,1H3. The molecule has 15 heavy (non-hydrogen) atoms. The van der Waals surface area contributed by atoms with Crippen molar-refractivity contribution in [1.29, 1.82) is 0 Å². The summed E-state index contributed by atoms with van der Waals surface area (Å²) in [6.45, 7) is 0. The maximum absolute atomic E-state index is 12.6. The lowest BCUT2D eigenvalue weighted by Gasteiger charge is -2.02. The predicted octanol–water partition coefficient (Wildman–Crippen LogP) is 1.59. The molecule has 0 fully saturated rings. The number of aryl methyl sites for hydroxylation is 1. The van der Waals surface area contributed by atoms with Gasteiger partial charge in [-0.2, -0.15) is 4.39 Å². The lowest BCUT2D eigenvalue weighted by molar-refractivity contribution is 0.584. The van der Waals surface area contributed by atoms with Gasteiger partial charge in [-0.25, -0.2) is 4.98 Å². The Morgan fingerprint density at radius 1 is 1.33 bits per heavy atom. The molecule has 0 aromatic carbocycles. The Hall–Kier alpha value is -1.97. The molecule has 0 atom stereocenters. The van der Waals surface area contributed by atoms with Crippen LogP contribution in [0.1, 0.15) is 0 Å². The SMILES string of the molecule is Cn1cccc(-c2ccc(F)nc2)c1=O. The van der Waals surface area contributed by atoms with E-state index in [4.69, 9.17) is 0 Å². The van der Waals surface area contributed by atoms with E-state index >= 15 is 0 Å². The molecule has 76 valence electrons. The number of hydrogen-bond donors (Lipinski definition) is 0. The maximum atomic E-state index is 12.6. The van der Waals surface area contributed by atoms with Crippen LogP contribution in [0.4, 0.5) is 4.39 Å². The first-order valence-corrected chi connectivity index (χ1v) is 4.46. The second kappa shape index (κ2) is 3.65.